The van der Waals surface area contributed by atoms with Crippen LogP contribution in [0.15, 0.2) is 182 Å². The lowest BCUT2D eigenvalue weighted by Crippen LogP contribution is -2.14. The predicted octanol–water partition coefficient (Wildman–Crippen LogP) is 13.5. The van der Waals surface area contributed by atoms with Gasteiger partial charge >= 0.3 is 0 Å². The van der Waals surface area contributed by atoms with Crippen LogP contribution in [0.4, 0.5) is 0 Å². The van der Waals surface area contributed by atoms with E-state index >= 15 is 0 Å². The van der Waals surface area contributed by atoms with E-state index in [1.54, 1.807) is 0 Å². The average molecular weight is 729 g/mol. The first kappa shape index (κ1) is 32.0. The Hall–Kier alpha value is -7.30. The summed E-state index contributed by atoms with van der Waals surface area (Å²) >= 11 is 0. The number of benzene rings is 8. The van der Waals surface area contributed by atoms with Gasteiger partial charge in [-0.2, -0.15) is 0 Å². The lowest BCUT2D eigenvalue weighted by Gasteiger charge is -2.21. The van der Waals surface area contributed by atoms with Crippen molar-refractivity contribution in [2.45, 2.75) is 19.3 Å². The Bertz CT molecular complexity index is 3420. The topological polar surface area (TPSA) is 35.6 Å². The van der Waals surface area contributed by atoms with Gasteiger partial charge in [-0.25, -0.2) is 9.97 Å². The van der Waals surface area contributed by atoms with E-state index in [1.165, 1.54) is 66.0 Å². The average Bonchev–Trinajstić information content (AvgIpc) is 3.86. The third-order valence-corrected chi connectivity index (χ3v) is 12.3. The van der Waals surface area contributed by atoms with E-state index in [0.717, 1.165) is 38.9 Å². The van der Waals surface area contributed by atoms with E-state index in [2.05, 4.69) is 205 Å². The molecule has 0 fully saturated rings. The molecule has 0 radical (unpaired) electrons. The first-order valence-electron chi connectivity index (χ1n) is 19.7. The van der Waals surface area contributed by atoms with E-state index in [0.29, 0.717) is 5.95 Å². The minimum Gasteiger partial charge on any atom is -0.309 e. The van der Waals surface area contributed by atoms with E-state index < -0.39 is 0 Å². The molecule has 0 aliphatic heterocycles. The molecule has 3 heterocycles. The molecule has 1 aliphatic rings. The van der Waals surface area contributed by atoms with Crippen molar-refractivity contribution in [2.75, 3.05) is 0 Å². The molecule has 0 spiro atoms. The van der Waals surface area contributed by atoms with Crippen LogP contribution in [0.2, 0.25) is 0 Å². The number of aromatic nitrogens is 4. The molecule has 0 atom stereocenters. The number of hydrogen-bond donors (Lipinski definition) is 0. The first-order chi connectivity index (χ1) is 28.0. The fraction of sp³-hybridized carbons (Fsp3) is 0.0566. The Morgan fingerprint density at radius 3 is 1.68 bits per heavy atom. The van der Waals surface area contributed by atoms with E-state index in [9.17, 15) is 0 Å². The SMILES string of the molecule is CC1(C)c2ccccc2-c2c1ccc1nc(-n3c4ccccc4c4cc(-c5ccc6c(c5)c5ccccc5n6-c5ccccc5)ccc43)nc(-c3ccccc3)c21. The van der Waals surface area contributed by atoms with Gasteiger partial charge in [-0.15, -0.1) is 0 Å². The van der Waals surface area contributed by atoms with Crippen LogP contribution in [0, 0.1) is 0 Å². The number of fused-ring (bicyclic) bond motifs is 11. The quantitative estimate of drug-likeness (QED) is 0.181. The summed E-state index contributed by atoms with van der Waals surface area (Å²) in [5.74, 6) is 0.668. The minimum atomic E-state index is -0.124. The largest absolute Gasteiger partial charge is 0.309 e. The van der Waals surface area contributed by atoms with Gasteiger partial charge in [0.25, 0.3) is 0 Å². The van der Waals surface area contributed by atoms with E-state index in [4.69, 9.17) is 9.97 Å². The summed E-state index contributed by atoms with van der Waals surface area (Å²) in [6, 6.07) is 65.7. The maximum atomic E-state index is 5.53. The second-order valence-corrected chi connectivity index (χ2v) is 15.8. The van der Waals surface area contributed by atoms with Crippen molar-refractivity contribution in [2.24, 2.45) is 0 Å². The minimum absolute atomic E-state index is 0.124. The maximum absolute atomic E-state index is 5.53. The third kappa shape index (κ3) is 4.55. The summed E-state index contributed by atoms with van der Waals surface area (Å²) in [5, 5.41) is 5.93. The lowest BCUT2D eigenvalue weighted by atomic mass is 9.82. The normalized spacial score (nSPS) is 13.2. The molecule has 3 aromatic heterocycles. The van der Waals surface area contributed by atoms with E-state index in [-0.39, 0.29) is 5.41 Å². The maximum Gasteiger partial charge on any atom is 0.235 e. The van der Waals surface area contributed by atoms with Gasteiger partial charge in [0.2, 0.25) is 5.95 Å². The Balaban J connectivity index is 1.08. The van der Waals surface area contributed by atoms with Crippen LogP contribution >= 0.6 is 0 Å². The van der Waals surface area contributed by atoms with Crippen LogP contribution in [0.1, 0.15) is 25.0 Å². The highest BCUT2D eigenvalue weighted by atomic mass is 15.2. The fourth-order valence-corrected chi connectivity index (χ4v) is 9.69. The monoisotopic (exact) mass is 728 g/mol. The molecular weight excluding hydrogens is 693 g/mol. The number of rotatable bonds is 4. The van der Waals surface area contributed by atoms with Crippen molar-refractivity contribution in [3.05, 3.63) is 193 Å². The fourth-order valence-electron chi connectivity index (χ4n) is 9.69. The van der Waals surface area contributed by atoms with Crippen molar-refractivity contribution in [3.8, 4) is 45.1 Å². The highest BCUT2D eigenvalue weighted by Gasteiger charge is 2.37. The Morgan fingerprint density at radius 2 is 0.982 bits per heavy atom. The second-order valence-electron chi connectivity index (χ2n) is 15.8. The number of hydrogen-bond acceptors (Lipinski definition) is 2. The standard InChI is InChI=1S/C53H36N4/c1-53(2)42-22-12-9-21-39(42)49-43(53)27-28-44-50(49)51(33-15-5-3-6-16-33)55-52(54-44)57-46-24-14-11-20-38(46)41-32-35(26-30-48(41)57)34-25-29-47-40(31-34)37-19-10-13-23-45(37)56(47)36-17-7-4-8-18-36/h3-32H,1-2H3. The summed E-state index contributed by atoms with van der Waals surface area (Å²) in [5.41, 5.74) is 16.1. The highest BCUT2D eigenvalue weighted by Crippen LogP contribution is 2.52. The summed E-state index contributed by atoms with van der Waals surface area (Å²) in [7, 11) is 0. The van der Waals surface area contributed by atoms with Crippen LogP contribution in [0.5, 0.6) is 0 Å². The Kier molecular flexibility index (Phi) is 6.65. The molecule has 8 aromatic carbocycles. The molecule has 268 valence electrons. The molecule has 0 saturated heterocycles. The van der Waals surface area contributed by atoms with Gasteiger partial charge < -0.3 is 4.57 Å². The van der Waals surface area contributed by atoms with Gasteiger partial charge in [0, 0.05) is 43.6 Å². The molecule has 57 heavy (non-hydrogen) atoms. The van der Waals surface area contributed by atoms with Crippen molar-refractivity contribution >= 4 is 54.5 Å². The van der Waals surface area contributed by atoms with Crippen LogP contribution < -0.4 is 0 Å². The second kappa shape index (κ2) is 11.8. The zero-order chi connectivity index (χ0) is 37.8. The van der Waals surface area contributed by atoms with Crippen molar-refractivity contribution < 1.29 is 0 Å². The molecule has 12 rings (SSSR count). The zero-order valence-corrected chi connectivity index (χ0v) is 31.6. The predicted molar refractivity (Wildman–Crippen MR) is 237 cm³/mol. The molecule has 0 bridgehead atoms. The zero-order valence-electron chi connectivity index (χ0n) is 31.6. The summed E-state index contributed by atoms with van der Waals surface area (Å²) in [6.45, 7) is 4.66. The summed E-state index contributed by atoms with van der Waals surface area (Å²) in [6.07, 6.45) is 0. The van der Waals surface area contributed by atoms with Gasteiger partial charge in [-0.05, 0) is 88.0 Å². The highest BCUT2D eigenvalue weighted by molar-refractivity contribution is 6.13. The van der Waals surface area contributed by atoms with Gasteiger partial charge in [0.15, 0.2) is 0 Å². The van der Waals surface area contributed by atoms with E-state index in [1.807, 2.05) is 0 Å². The molecular formula is C53H36N4. The van der Waals surface area contributed by atoms with Crippen molar-refractivity contribution in [3.63, 3.8) is 0 Å². The Morgan fingerprint density at radius 1 is 0.421 bits per heavy atom. The molecule has 0 saturated carbocycles. The molecule has 4 nitrogen and oxygen atoms in total. The van der Waals surface area contributed by atoms with Crippen LogP contribution in [0.3, 0.4) is 0 Å². The molecule has 11 aromatic rings. The van der Waals surface area contributed by atoms with Gasteiger partial charge in [0.05, 0.1) is 33.3 Å². The first-order valence-corrected chi connectivity index (χ1v) is 19.7. The molecule has 0 unspecified atom stereocenters. The molecule has 1 aliphatic carbocycles. The van der Waals surface area contributed by atoms with Gasteiger partial charge in [-0.1, -0.05) is 141 Å². The summed E-state index contributed by atoms with van der Waals surface area (Å²) in [4.78, 5) is 11.0. The molecule has 0 N–H and O–H groups in total. The van der Waals surface area contributed by atoms with Crippen LogP contribution in [-0.4, -0.2) is 19.1 Å². The van der Waals surface area contributed by atoms with Gasteiger partial charge in [0.1, 0.15) is 0 Å². The van der Waals surface area contributed by atoms with Crippen LogP contribution in [0.25, 0.3) is 99.7 Å². The Labute approximate surface area is 329 Å². The van der Waals surface area contributed by atoms with Crippen molar-refractivity contribution in [1.82, 2.24) is 19.1 Å². The lowest BCUT2D eigenvalue weighted by molar-refractivity contribution is 0.661. The number of nitrogens with zero attached hydrogens (tertiary/aromatic N) is 4. The van der Waals surface area contributed by atoms with Gasteiger partial charge in [-0.3, -0.25) is 4.57 Å². The summed E-state index contributed by atoms with van der Waals surface area (Å²) < 4.78 is 4.62. The molecule has 4 heteroatoms. The van der Waals surface area contributed by atoms with Crippen LogP contribution in [-0.2, 0) is 5.41 Å². The third-order valence-electron chi connectivity index (χ3n) is 12.3. The van der Waals surface area contributed by atoms with Crippen molar-refractivity contribution in [1.29, 1.82) is 0 Å². The smallest absolute Gasteiger partial charge is 0.235 e. The molecule has 0 amide bonds. The number of para-hydroxylation sites is 3.